The predicted molar refractivity (Wildman–Crippen MR) is 108 cm³/mol. The number of esters is 1. The Balaban J connectivity index is 1.44. The minimum Gasteiger partial charge on any atom is -0.467 e. The van der Waals surface area contributed by atoms with E-state index in [1.165, 1.54) is 34.9 Å². The van der Waals surface area contributed by atoms with Crippen LogP contribution in [0.4, 0.5) is 4.39 Å². The van der Waals surface area contributed by atoms with E-state index in [1.807, 2.05) is 0 Å². The van der Waals surface area contributed by atoms with Gasteiger partial charge >= 0.3 is 5.97 Å². The molecule has 29 heavy (non-hydrogen) atoms. The second-order valence-electron chi connectivity index (χ2n) is 6.39. The Hall–Kier alpha value is -2.08. The van der Waals surface area contributed by atoms with Gasteiger partial charge in [0.05, 0.1) is 11.8 Å². The van der Waals surface area contributed by atoms with Crippen molar-refractivity contribution in [3.05, 3.63) is 40.3 Å². The van der Waals surface area contributed by atoms with E-state index >= 15 is 0 Å². The second-order valence-corrected chi connectivity index (χ2v) is 10.2. The second kappa shape index (κ2) is 7.98. The van der Waals surface area contributed by atoms with Gasteiger partial charge in [-0.1, -0.05) is 17.4 Å². The molecular formula is C18H17FN2O5S3. The summed E-state index contributed by atoms with van der Waals surface area (Å²) in [5.74, 6) is -1.06. The molecule has 11 heteroatoms. The highest BCUT2D eigenvalue weighted by molar-refractivity contribution is 7.89. The summed E-state index contributed by atoms with van der Waals surface area (Å²) in [5.41, 5.74) is 0.278. The van der Waals surface area contributed by atoms with Crippen LogP contribution in [0.3, 0.4) is 0 Å². The highest BCUT2D eigenvalue weighted by atomic mass is 32.2. The number of ether oxygens (including phenoxy) is 2. The number of hydrogen-bond acceptors (Lipinski definition) is 8. The summed E-state index contributed by atoms with van der Waals surface area (Å²) in [6, 6.07) is 6.17. The van der Waals surface area contributed by atoms with E-state index in [-0.39, 0.29) is 34.5 Å². The molecule has 4 rings (SSSR count). The average molecular weight is 457 g/mol. The van der Waals surface area contributed by atoms with Crippen molar-refractivity contribution < 1.29 is 27.1 Å². The number of methoxy groups -OCH3 is 1. The van der Waals surface area contributed by atoms with Crippen LogP contribution in [0.2, 0.25) is 0 Å². The molecule has 1 saturated heterocycles. The summed E-state index contributed by atoms with van der Waals surface area (Å²) in [6.07, 6.45) is 0.720. The van der Waals surface area contributed by atoms with Crippen LogP contribution in [-0.2, 0) is 14.8 Å². The quantitative estimate of drug-likeness (QED) is 0.546. The molecule has 0 amide bonds. The molecule has 0 aliphatic carbocycles. The molecule has 0 spiro atoms. The first-order chi connectivity index (χ1) is 13.9. The van der Waals surface area contributed by atoms with Crippen LogP contribution in [0, 0.1) is 5.82 Å². The standard InChI is InChI=1S/C18H17FN2O5S3/c1-25-17(22)16-14(7-10-27-16)29(23,24)21-8-5-11(6-9-21)26-18-20-15-12(19)3-2-4-13(15)28-18/h2-4,7,10-11H,5-6,8-9H2,1H3. The van der Waals surface area contributed by atoms with Gasteiger partial charge in [-0.15, -0.1) is 11.3 Å². The van der Waals surface area contributed by atoms with Crippen LogP contribution in [0.15, 0.2) is 34.5 Å². The molecule has 1 aliphatic heterocycles. The summed E-state index contributed by atoms with van der Waals surface area (Å²) >= 11 is 2.30. The van der Waals surface area contributed by atoms with E-state index in [9.17, 15) is 17.6 Å². The van der Waals surface area contributed by atoms with Gasteiger partial charge in [0.2, 0.25) is 10.0 Å². The number of halogens is 1. The maximum Gasteiger partial charge on any atom is 0.349 e. The minimum absolute atomic E-state index is 0.0321. The Labute approximate surface area is 174 Å². The normalized spacial score (nSPS) is 16.2. The van der Waals surface area contributed by atoms with E-state index in [1.54, 1.807) is 17.5 Å². The number of carbonyl (C=O) groups excluding carboxylic acids is 1. The summed E-state index contributed by atoms with van der Waals surface area (Å²) in [6.45, 7) is 0.505. The van der Waals surface area contributed by atoms with Crippen LogP contribution < -0.4 is 4.74 Å². The third kappa shape index (κ3) is 3.87. The number of carbonyl (C=O) groups is 1. The smallest absolute Gasteiger partial charge is 0.349 e. The largest absolute Gasteiger partial charge is 0.467 e. The first-order valence-electron chi connectivity index (χ1n) is 8.78. The number of sulfonamides is 1. The molecule has 2 aromatic heterocycles. The number of rotatable bonds is 5. The zero-order valence-corrected chi connectivity index (χ0v) is 17.8. The van der Waals surface area contributed by atoms with Crippen LogP contribution in [-0.4, -0.2) is 50.0 Å². The number of aromatic nitrogens is 1. The van der Waals surface area contributed by atoms with Gasteiger partial charge in [0, 0.05) is 13.1 Å². The van der Waals surface area contributed by atoms with Crippen LogP contribution in [0.25, 0.3) is 10.2 Å². The first-order valence-corrected chi connectivity index (χ1v) is 11.9. The predicted octanol–water partition coefficient (Wildman–Crippen LogP) is 3.52. The lowest BCUT2D eigenvalue weighted by Crippen LogP contribution is -2.41. The number of hydrogen-bond donors (Lipinski definition) is 0. The van der Waals surface area contributed by atoms with Gasteiger partial charge in [0.15, 0.2) is 0 Å². The molecule has 0 saturated carbocycles. The number of thiazole rings is 1. The summed E-state index contributed by atoms with van der Waals surface area (Å²) in [7, 11) is -2.58. The van der Waals surface area contributed by atoms with Gasteiger partial charge in [-0.2, -0.15) is 9.29 Å². The van der Waals surface area contributed by atoms with E-state index in [0.29, 0.717) is 22.7 Å². The fourth-order valence-corrected chi connectivity index (χ4v) is 6.83. The number of piperidine rings is 1. The van der Waals surface area contributed by atoms with Gasteiger partial charge in [-0.05, 0) is 36.4 Å². The number of benzene rings is 1. The van der Waals surface area contributed by atoms with Gasteiger partial charge in [0.25, 0.3) is 5.19 Å². The highest BCUT2D eigenvalue weighted by Gasteiger charge is 2.34. The van der Waals surface area contributed by atoms with E-state index in [2.05, 4.69) is 9.72 Å². The Bertz CT molecular complexity index is 1150. The molecule has 154 valence electrons. The third-order valence-electron chi connectivity index (χ3n) is 4.64. The lowest BCUT2D eigenvalue weighted by Gasteiger charge is -2.30. The first kappa shape index (κ1) is 20.2. The Kier molecular flexibility index (Phi) is 5.56. The lowest BCUT2D eigenvalue weighted by atomic mass is 10.1. The SMILES string of the molecule is COC(=O)c1sccc1S(=O)(=O)N1CCC(Oc2nc3c(F)cccc3s2)CC1. The van der Waals surface area contributed by atoms with Crippen LogP contribution in [0.1, 0.15) is 22.5 Å². The molecule has 0 atom stereocenters. The van der Waals surface area contributed by atoms with Crippen molar-refractivity contribution >= 4 is 48.9 Å². The molecular weight excluding hydrogens is 439 g/mol. The summed E-state index contributed by atoms with van der Waals surface area (Å²) in [4.78, 5) is 16.1. The van der Waals surface area contributed by atoms with Gasteiger partial charge in [0.1, 0.15) is 27.2 Å². The molecule has 0 unspecified atom stereocenters. The number of fused-ring (bicyclic) bond motifs is 1. The maximum atomic E-state index is 13.8. The molecule has 3 aromatic rings. The van der Waals surface area contributed by atoms with E-state index in [4.69, 9.17) is 4.74 Å². The molecule has 1 fully saturated rings. The number of nitrogens with zero attached hydrogens (tertiary/aromatic N) is 2. The monoisotopic (exact) mass is 456 g/mol. The van der Waals surface area contributed by atoms with Crippen molar-refractivity contribution in [2.75, 3.05) is 20.2 Å². The van der Waals surface area contributed by atoms with Gasteiger partial charge in [-0.3, -0.25) is 0 Å². The third-order valence-corrected chi connectivity index (χ3v) is 8.51. The molecule has 7 nitrogen and oxygen atoms in total. The van der Waals surface area contributed by atoms with Crippen molar-refractivity contribution in [3.63, 3.8) is 0 Å². The van der Waals surface area contributed by atoms with Crippen LogP contribution >= 0.6 is 22.7 Å². The van der Waals surface area contributed by atoms with Crippen molar-refractivity contribution in [1.29, 1.82) is 0 Å². The van der Waals surface area contributed by atoms with E-state index < -0.39 is 21.8 Å². The summed E-state index contributed by atoms with van der Waals surface area (Å²) in [5, 5.41) is 1.93. The van der Waals surface area contributed by atoms with Crippen molar-refractivity contribution in [3.8, 4) is 5.19 Å². The number of para-hydroxylation sites is 1. The molecule has 1 aliphatic rings. The van der Waals surface area contributed by atoms with E-state index in [0.717, 1.165) is 11.3 Å². The van der Waals surface area contributed by atoms with Gasteiger partial charge in [-0.25, -0.2) is 17.6 Å². The summed E-state index contributed by atoms with van der Waals surface area (Å²) < 4.78 is 52.3. The molecule has 0 bridgehead atoms. The molecule has 0 radical (unpaired) electrons. The minimum atomic E-state index is -3.80. The Morgan fingerprint density at radius 2 is 2.03 bits per heavy atom. The van der Waals surface area contributed by atoms with Crippen molar-refractivity contribution in [2.45, 2.75) is 23.8 Å². The average Bonchev–Trinajstić information content (AvgIpc) is 3.36. The fraction of sp³-hybridized carbons (Fsp3) is 0.333. The molecule has 3 heterocycles. The highest BCUT2D eigenvalue weighted by Crippen LogP contribution is 2.32. The Morgan fingerprint density at radius 3 is 2.72 bits per heavy atom. The van der Waals surface area contributed by atoms with Crippen molar-refractivity contribution in [1.82, 2.24) is 9.29 Å². The van der Waals surface area contributed by atoms with Crippen LogP contribution in [0.5, 0.6) is 5.19 Å². The topological polar surface area (TPSA) is 85.8 Å². The van der Waals surface area contributed by atoms with Crippen molar-refractivity contribution in [2.24, 2.45) is 0 Å². The lowest BCUT2D eigenvalue weighted by molar-refractivity contribution is 0.0602. The zero-order valence-electron chi connectivity index (χ0n) is 15.3. The number of thiophene rings is 1. The maximum absolute atomic E-state index is 13.8. The zero-order chi connectivity index (χ0) is 20.6. The fourth-order valence-electron chi connectivity index (χ4n) is 3.16. The molecule has 0 N–H and O–H groups in total. The Morgan fingerprint density at radius 1 is 1.28 bits per heavy atom. The molecule has 1 aromatic carbocycles. The van der Waals surface area contributed by atoms with Gasteiger partial charge < -0.3 is 9.47 Å².